The highest BCUT2D eigenvalue weighted by molar-refractivity contribution is 6.16. The summed E-state index contributed by atoms with van der Waals surface area (Å²) in [7, 11) is 0. The van der Waals surface area contributed by atoms with Crippen LogP contribution in [0.1, 0.15) is 0 Å². The van der Waals surface area contributed by atoms with E-state index in [1.54, 1.807) is 0 Å². The van der Waals surface area contributed by atoms with E-state index >= 15 is 0 Å². The van der Waals surface area contributed by atoms with Gasteiger partial charge in [-0.25, -0.2) is 0 Å². The van der Waals surface area contributed by atoms with Crippen molar-refractivity contribution in [3.63, 3.8) is 0 Å². The van der Waals surface area contributed by atoms with Crippen molar-refractivity contribution in [2.24, 2.45) is 0 Å². The van der Waals surface area contributed by atoms with Gasteiger partial charge in [-0.2, -0.15) is 0 Å². The molecule has 0 atom stereocenters. The topological polar surface area (TPSA) is 21.3 Å². The Morgan fingerprint density at radius 2 is 1.04 bits per heavy atom. The van der Waals surface area contributed by atoms with Gasteiger partial charge >= 0.3 is 0 Å². The molecule has 0 bridgehead atoms. The Morgan fingerprint density at radius 3 is 1.88 bits per heavy atom. The van der Waals surface area contributed by atoms with Gasteiger partial charge in [0.05, 0.1) is 16.7 Å². The Hall–Kier alpha value is -6.84. The van der Waals surface area contributed by atoms with Crippen LogP contribution in [0.3, 0.4) is 0 Å². The molecule has 0 aliphatic heterocycles. The summed E-state index contributed by atoms with van der Waals surface area (Å²) in [4.78, 5) is 2.33. The summed E-state index contributed by atoms with van der Waals surface area (Å²) in [5.74, 6) is 0. The summed E-state index contributed by atoms with van der Waals surface area (Å²) in [5.41, 5.74) is 13.1. The quantitative estimate of drug-likeness (QED) is 0.178. The fourth-order valence-corrected chi connectivity index (χ4v) is 7.70. The first-order valence-electron chi connectivity index (χ1n) is 17.4. The average Bonchev–Trinajstić information content (AvgIpc) is 3.76. The largest absolute Gasteiger partial charge is 0.454 e. The van der Waals surface area contributed by atoms with Crippen molar-refractivity contribution in [2.45, 2.75) is 0 Å². The van der Waals surface area contributed by atoms with E-state index in [9.17, 15) is 0 Å². The lowest BCUT2D eigenvalue weighted by Crippen LogP contribution is -2.10. The van der Waals surface area contributed by atoms with Crippen molar-refractivity contribution in [3.05, 3.63) is 194 Å². The molecule has 0 saturated carbocycles. The van der Waals surface area contributed by atoms with Crippen molar-refractivity contribution in [1.82, 2.24) is 4.57 Å². The van der Waals surface area contributed by atoms with E-state index in [1.807, 2.05) is 12.1 Å². The molecule has 0 aliphatic rings. The summed E-state index contributed by atoms with van der Waals surface area (Å²) in [6.07, 6.45) is 0. The van der Waals surface area contributed by atoms with Crippen LogP contribution in [0.25, 0.3) is 71.7 Å². The van der Waals surface area contributed by atoms with Gasteiger partial charge in [-0.05, 0) is 82.9 Å². The van der Waals surface area contributed by atoms with Crippen molar-refractivity contribution in [3.8, 4) is 27.9 Å². The van der Waals surface area contributed by atoms with E-state index < -0.39 is 0 Å². The van der Waals surface area contributed by atoms with Gasteiger partial charge in [0.1, 0.15) is 5.58 Å². The summed E-state index contributed by atoms with van der Waals surface area (Å²) in [5, 5.41) is 4.69. The van der Waals surface area contributed by atoms with Gasteiger partial charge in [0.15, 0.2) is 5.58 Å². The number of aromatic nitrogens is 1. The summed E-state index contributed by atoms with van der Waals surface area (Å²) >= 11 is 0. The minimum Gasteiger partial charge on any atom is -0.454 e. The second-order valence-electron chi connectivity index (χ2n) is 12.9. The third-order valence-electron chi connectivity index (χ3n) is 9.98. The van der Waals surface area contributed by atoms with Crippen LogP contribution in [0.5, 0.6) is 0 Å². The molecule has 51 heavy (non-hydrogen) atoms. The molecular formula is C48H32N2O. The third kappa shape index (κ3) is 4.82. The number of furan rings is 1. The Morgan fingerprint density at radius 1 is 0.412 bits per heavy atom. The molecule has 2 aromatic heterocycles. The summed E-state index contributed by atoms with van der Waals surface area (Å²) in [6, 6.07) is 69.1. The van der Waals surface area contributed by atoms with Crippen LogP contribution in [0.15, 0.2) is 199 Å². The maximum Gasteiger partial charge on any atom is 0.159 e. The van der Waals surface area contributed by atoms with E-state index in [0.29, 0.717) is 0 Å². The smallest absolute Gasteiger partial charge is 0.159 e. The van der Waals surface area contributed by atoms with Crippen LogP contribution in [0.2, 0.25) is 0 Å². The molecule has 0 saturated heterocycles. The van der Waals surface area contributed by atoms with Crippen molar-refractivity contribution < 1.29 is 4.42 Å². The Kier molecular flexibility index (Phi) is 6.81. The molecule has 0 aliphatic carbocycles. The lowest BCUT2D eigenvalue weighted by molar-refractivity contribution is 0.669. The minimum atomic E-state index is 0.865. The van der Waals surface area contributed by atoms with Gasteiger partial charge in [0, 0.05) is 38.6 Å². The molecule has 240 valence electrons. The van der Waals surface area contributed by atoms with Crippen LogP contribution < -0.4 is 4.90 Å². The predicted octanol–water partition coefficient (Wildman–Crippen LogP) is 13.5. The molecule has 0 spiro atoms. The van der Waals surface area contributed by atoms with E-state index in [1.165, 1.54) is 38.5 Å². The molecule has 0 N–H and O–H groups in total. The second kappa shape index (κ2) is 11.9. The van der Waals surface area contributed by atoms with Crippen LogP contribution in [0.4, 0.5) is 17.1 Å². The standard InChI is InChI=1S/C48H32N2O/c1-3-14-33(15-4-1)34-28-30-37(31-29-34)49(45-26-13-23-41-40-20-8-10-27-46(40)51-48(41)45)38-19-11-16-35(32-38)39-22-12-25-44-47(39)42-21-7-9-24-43(42)50(44)36-17-5-2-6-18-36/h1-32H. The highest BCUT2D eigenvalue weighted by Crippen LogP contribution is 2.44. The first-order chi connectivity index (χ1) is 25.3. The molecule has 2 heterocycles. The Labute approximate surface area is 295 Å². The molecule has 10 rings (SSSR count). The number of hydrogen-bond acceptors (Lipinski definition) is 2. The zero-order valence-corrected chi connectivity index (χ0v) is 27.8. The fourth-order valence-electron chi connectivity index (χ4n) is 7.70. The lowest BCUT2D eigenvalue weighted by Gasteiger charge is -2.26. The van der Waals surface area contributed by atoms with Crippen molar-refractivity contribution in [1.29, 1.82) is 0 Å². The number of rotatable bonds is 6. The van der Waals surface area contributed by atoms with Gasteiger partial charge in [-0.1, -0.05) is 133 Å². The van der Waals surface area contributed by atoms with Gasteiger partial charge in [-0.3, -0.25) is 0 Å². The predicted molar refractivity (Wildman–Crippen MR) is 214 cm³/mol. The van der Waals surface area contributed by atoms with E-state index in [4.69, 9.17) is 4.42 Å². The molecule has 8 aromatic carbocycles. The van der Waals surface area contributed by atoms with Crippen LogP contribution in [-0.2, 0) is 0 Å². The minimum absolute atomic E-state index is 0.865. The number of fused-ring (bicyclic) bond motifs is 6. The fraction of sp³-hybridized carbons (Fsp3) is 0. The van der Waals surface area contributed by atoms with Gasteiger partial charge in [0.25, 0.3) is 0 Å². The molecule has 0 radical (unpaired) electrons. The van der Waals surface area contributed by atoms with Crippen LogP contribution in [0, 0.1) is 0 Å². The average molecular weight is 653 g/mol. The lowest BCUT2D eigenvalue weighted by atomic mass is 9.98. The Balaban J connectivity index is 1.19. The molecule has 0 fully saturated rings. The molecule has 3 heteroatoms. The monoisotopic (exact) mass is 652 g/mol. The highest BCUT2D eigenvalue weighted by atomic mass is 16.3. The van der Waals surface area contributed by atoms with E-state index in [2.05, 4.69) is 191 Å². The maximum atomic E-state index is 6.62. The normalized spacial score (nSPS) is 11.5. The molecule has 0 amide bonds. The number of nitrogens with zero attached hydrogens (tertiary/aromatic N) is 2. The molecular weight excluding hydrogens is 621 g/mol. The van der Waals surface area contributed by atoms with Crippen molar-refractivity contribution in [2.75, 3.05) is 4.90 Å². The highest BCUT2D eigenvalue weighted by Gasteiger charge is 2.21. The number of anilines is 3. The van der Waals surface area contributed by atoms with Crippen LogP contribution >= 0.6 is 0 Å². The van der Waals surface area contributed by atoms with Crippen LogP contribution in [-0.4, -0.2) is 4.57 Å². The number of para-hydroxylation sites is 4. The number of benzene rings is 8. The second-order valence-corrected chi connectivity index (χ2v) is 12.9. The zero-order valence-electron chi connectivity index (χ0n) is 27.8. The first kappa shape index (κ1) is 29.1. The van der Waals surface area contributed by atoms with Gasteiger partial charge in [0.2, 0.25) is 0 Å². The number of hydrogen-bond donors (Lipinski definition) is 0. The van der Waals surface area contributed by atoms with E-state index in [0.717, 1.165) is 50.3 Å². The van der Waals surface area contributed by atoms with Crippen molar-refractivity contribution >= 4 is 60.8 Å². The maximum absolute atomic E-state index is 6.62. The van der Waals surface area contributed by atoms with Gasteiger partial charge < -0.3 is 13.9 Å². The first-order valence-corrected chi connectivity index (χ1v) is 17.4. The SMILES string of the molecule is c1ccc(-c2ccc(N(c3cccc(-c4cccc5c4c4ccccc4n5-c4ccccc4)c3)c3cccc4c3oc3ccccc34)cc2)cc1. The zero-order chi connectivity index (χ0) is 33.7. The molecule has 0 unspecified atom stereocenters. The van der Waals surface area contributed by atoms with Gasteiger partial charge in [-0.15, -0.1) is 0 Å². The molecule has 10 aromatic rings. The third-order valence-corrected chi connectivity index (χ3v) is 9.98. The summed E-state index contributed by atoms with van der Waals surface area (Å²) < 4.78 is 9.00. The molecule has 3 nitrogen and oxygen atoms in total. The summed E-state index contributed by atoms with van der Waals surface area (Å²) in [6.45, 7) is 0. The van der Waals surface area contributed by atoms with E-state index in [-0.39, 0.29) is 0 Å². The Bertz CT molecular complexity index is 2850.